The number of guanidine groups is 1. The molecule has 0 atom stereocenters. The van der Waals surface area contributed by atoms with Gasteiger partial charge >= 0.3 is 0 Å². The molecular formula is C4H8N4. The van der Waals surface area contributed by atoms with Gasteiger partial charge in [0, 0.05) is 19.2 Å². The lowest BCUT2D eigenvalue weighted by Crippen LogP contribution is -2.29. The summed E-state index contributed by atoms with van der Waals surface area (Å²) in [6, 6.07) is 0. The predicted octanol–water partition coefficient (Wildman–Crippen LogP) is -0.429. The van der Waals surface area contributed by atoms with Gasteiger partial charge in [0.15, 0.2) is 0 Å². The van der Waals surface area contributed by atoms with Gasteiger partial charge < -0.3 is 5.73 Å². The summed E-state index contributed by atoms with van der Waals surface area (Å²) in [5, 5.41) is 12.1. The van der Waals surface area contributed by atoms with E-state index in [-0.39, 0.29) is 5.96 Å². The molecule has 0 aliphatic carbocycles. The molecule has 44 valence electrons. The van der Waals surface area contributed by atoms with E-state index in [9.17, 15) is 0 Å². The summed E-state index contributed by atoms with van der Waals surface area (Å²) in [6.07, 6.45) is 2.65. The summed E-state index contributed by atoms with van der Waals surface area (Å²) < 4.78 is 0. The summed E-state index contributed by atoms with van der Waals surface area (Å²) in [6.45, 7) is 0.759. The Morgan fingerprint density at radius 1 is 1.88 bits per heavy atom. The van der Waals surface area contributed by atoms with E-state index in [0.29, 0.717) is 0 Å². The fraction of sp³-hybridized carbons (Fsp3) is 0.500. The molecule has 1 aliphatic rings. The Kier molecular flexibility index (Phi) is 1.15. The molecule has 0 saturated heterocycles. The fourth-order valence-corrected chi connectivity index (χ4v) is 0.577. The molecule has 1 rings (SSSR count). The maximum Gasteiger partial charge on any atom is 0.209 e. The Bertz CT molecular complexity index is 128. The van der Waals surface area contributed by atoms with Crippen LogP contribution in [-0.2, 0) is 0 Å². The zero-order valence-corrected chi connectivity index (χ0v) is 4.46. The molecule has 3 N–H and O–H groups in total. The highest BCUT2D eigenvalue weighted by Gasteiger charge is 2.06. The third-order valence-electron chi connectivity index (χ3n) is 0.969. The summed E-state index contributed by atoms with van der Waals surface area (Å²) in [4.78, 5) is 0. The van der Waals surface area contributed by atoms with Crippen molar-refractivity contribution in [2.45, 2.75) is 6.42 Å². The van der Waals surface area contributed by atoms with Crippen LogP contribution in [0.1, 0.15) is 6.42 Å². The molecular weight excluding hydrogens is 104 g/mol. The molecule has 0 amide bonds. The van der Waals surface area contributed by atoms with E-state index in [1.807, 2.05) is 0 Å². The van der Waals surface area contributed by atoms with Crippen molar-refractivity contribution in [3.63, 3.8) is 0 Å². The van der Waals surface area contributed by atoms with Crippen LogP contribution in [0, 0.1) is 5.41 Å². The predicted molar refractivity (Wildman–Crippen MR) is 31.7 cm³/mol. The quantitative estimate of drug-likeness (QED) is 0.330. The van der Waals surface area contributed by atoms with Gasteiger partial charge in [-0.3, -0.25) is 5.41 Å². The molecule has 0 saturated carbocycles. The van der Waals surface area contributed by atoms with Gasteiger partial charge in [-0.25, -0.2) is 5.01 Å². The van der Waals surface area contributed by atoms with E-state index < -0.39 is 0 Å². The molecule has 0 bridgehead atoms. The largest absolute Gasteiger partial charge is 0.369 e. The molecule has 0 spiro atoms. The maximum absolute atomic E-state index is 6.88. The van der Waals surface area contributed by atoms with E-state index in [1.165, 1.54) is 5.01 Å². The molecule has 0 radical (unpaired) electrons. The van der Waals surface area contributed by atoms with Gasteiger partial charge in [-0.05, 0) is 0 Å². The second-order valence-electron chi connectivity index (χ2n) is 1.60. The number of hydrogen-bond acceptors (Lipinski definition) is 2. The minimum Gasteiger partial charge on any atom is -0.369 e. The first-order chi connectivity index (χ1) is 3.80. The Hall–Kier alpha value is -1.06. The van der Waals surface area contributed by atoms with Gasteiger partial charge in [0.05, 0.1) is 0 Å². The Morgan fingerprint density at radius 2 is 2.62 bits per heavy atom. The summed E-state index contributed by atoms with van der Waals surface area (Å²) in [5.41, 5.74) is 5.09. The van der Waals surface area contributed by atoms with Crippen LogP contribution < -0.4 is 5.73 Å². The van der Waals surface area contributed by atoms with Crippen molar-refractivity contribution in [3.05, 3.63) is 0 Å². The normalized spacial score (nSPS) is 17.2. The second-order valence-corrected chi connectivity index (χ2v) is 1.60. The first-order valence-electron chi connectivity index (χ1n) is 2.44. The van der Waals surface area contributed by atoms with Gasteiger partial charge in [-0.2, -0.15) is 5.10 Å². The van der Waals surface area contributed by atoms with Crippen LogP contribution in [0.5, 0.6) is 0 Å². The van der Waals surface area contributed by atoms with Crippen LogP contribution in [-0.4, -0.2) is 23.7 Å². The summed E-state index contributed by atoms with van der Waals surface area (Å²) in [5.74, 6) is 0.0266. The smallest absolute Gasteiger partial charge is 0.209 e. The molecule has 0 fully saturated rings. The number of nitrogens with two attached hydrogens (primary N) is 1. The van der Waals surface area contributed by atoms with Crippen molar-refractivity contribution in [1.82, 2.24) is 5.01 Å². The average molecular weight is 112 g/mol. The summed E-state index contributed by atoms with van der Waals surface area (Å²) in [7, 11) is 0. The third-order valence-corrected chi connectivity index (χ3v) is 0.969. The molecule has 4 heteroatoms. The number of hydrazone groups is 1. The van der Waals surface area contributed by atoms with Crippen LogP contribution in [0.25, 0.3) is 0 Å². The topological polar surface area (TPSA) is 65.5 Å². The standard InChI is InChI=1S/C4H8N4/c5-4(6)8-3-1-2-7-8/h2H,1,3H2,(H3,5,6). The average Bonchev–Trinajstić information content (AvgIpc) is 2.12. The second kappa shape index (κ2) is 1.81. The maximum atomic E-state index is 6.88. The van der Waals surface area contributed by atoms with Crippen LogP contribution in [0.4, 0.5) is 0 Å². The third kappa shape index (κ3) is 0.776. The monoisotopic (exact) mass is 112 g/mol. The van der Waals surface area contributed by atoms with Gasteiger partial charge in [0.2, 0.25) is 5.96 Å². The van der Waals surface area contributed by atoms with Gasteiger partial charge in [0.25, 0.3) is 0 Å². The molecule has 0 aromatic carbocycles. The first-order valence-corrected chi connectivity index (χ1v) is 2.44. The minimum absolute atomic E-state index is 0.0266. The van der Waals surface area contributed by atoms with Gasteiger partial charge in [0.1, 0.15) is 0 Å². The van der Waals surface area contributed by atoms with Crippen molar-refractivity contribution in [1.29, 1.82) is 5.41 Å². The van der Waals surface area contributed by atoms with Crippen molar-refractivity contribution in [2.75, 3.05) is 6.54 Å². The van der Waals surface area contributed by atoms with Crippen molar-refractivity contribution < 1.29 is 0 Å². The molecule has 4 nitrogen and oxygen atoms in total. The minimum atomic E-state index is 0.0266. The van der Waals surface area contributed by atoms with Crippen molar-refractivity contribution >= 4 is 12.2 Å². The highest BCUT2D eigenvalue weighted by Crippen LogP contribution is 1.95. The Labute approximate surface area is 47.5 Å². The SMILES string of the molecule is N=C(N)N1CCC=N1. The van der Waals surface area contributed by atoms with Crippen LogP contribution in [0.2, 0.25) is 0 Å². The number of nitrogens with zero attached hydrogens (tertiary/aromatic N) is 2. The zero-order chi connectivity index (χ0) is 5.98. The van der Waals surface area contributed by atoms with E-state index in [0.717, 1.165) is 13.0 Å². The highest BCUT2D eigenvalue weighted by molar-refractivity contribution is 5.77. The lowest BCUT2D eigenvalue weighted by molar-refractivity contribution is 0.482. The Morgan fingerprint density at radius 3 is 2.88 bits per heavy atom. The number of nitrogens with one attached hydrogen (secondary N) is 1. The first kappa shape index (κ1) is 5.08. The molecule has 0 aromatic rings. The van der Waals surface area contributed by atoms with Crippen molar-refractivity contribution in [3.8, 4) is 0 Å². The van der Waals surface area contributed by atoms with E-state index in [2.05, 4.69) is 5.10 Å². The number of rotatable bonds is 0. The Balaban J connectivity index is 2.48. The van der Waals surface area contributed by atoms with Crippen LogP contribution >= 0.6 is 0 Å². The van der Waals surface area contributed by atoms with E-state index in [4.69, 9.17) is 11.1 Å². The zero-order valence-electron chi connectivity index (χ0n) is 4.46. The van der Waals surface area contributed by atoms with Crippen LogP contribution in [0.3, 0.4) is 0 Å². The summed E-state index contributed by atoms with van der Waals surface area (Å²) >= 11 is 0. The molecule has 0 unspecified atom stereocenters. The molecule has 1 aliphatic heterocycles. The molecule has 1 heterocycles. The molecule has 8 heavy (non-hydrogen) atoms. The van der Waals surface area contributed by atoms with Crippen LogP contribution in [0.15, 0.2) is 5.10 Å². The number of hydrogen-bond donors (Lipinski definition) is 2. The fourth-order valence-electron chi connectivity index (χ4n) is 0.577. The van der Waals surface area contributed by atoms with E-state index in [1.54, 1.807) is 6.21 Å². The van der Waals surface area contributed by atoms with Gasteiger partial charge in [-0.1, -0.05) is 0 Å². The van der Waals surface area contributed by atoms with Crippen molar-refractivity contribution in [2.24, 2.45) is 10.8 Å². The molecule has 0 aromatic heterocycles. The highest BCUT2D eigenvalue weighted by atomic mass is 15.5. The lowest BCUT2D eigenvalue weighted by Gasteiger charge is -2.08. The van der Waals surface area contributed by atoms with E-state index >= 15 is 0 Å². The van der Waals surface area contributed by atoms with Gasteiger partial charge in [-0.15, -0.1) is 0 Å². The lowest BCUT2D eigenvalue weighted by atomic mass is 10.5.